The molecule has 0 radical (unpaired) electrons. The van der Waals surface area contributed by atoms with Gasteiger partial charge in [-0.3, -0.25) is 0 Å². The van der Waals surface area contributed by atoms with Gasteiger partial charge in [-0.15, -0.1) is 0 Å². The second-order valence-electron chi connectivity index (χ2n) is 1.70. The number of phosphoric acid groups is 1. The Hall–Kier alpha value is 2.07. The number of hydrogen-bond acceptors (Lipinski definition) is 5. The van der Waals surface area contributed by atoms with Crippen LogP contribution in [0.25, 0.3) is 0 Å². The standard InChI is InChI=1S/C3H7O5P.2Na/c4-9(5,6)8-2-3-1-7-3;;/h3H,1-2H2,(H2,4,5,6);;/q;2*+1/p-2. The van der Waals surface area contributed by atoms with Gasteiger partial charge in [0, 0.05) is 0 Å². The molecule has 0 bridgehead atoms. The normalized spacial score (nSPS) is 21.5. The van der Waals surface area contributed by atoms with Crippen LogP contribution in [-0.4, -0.2) is 19.3 Å². The largest absolute Gasteiger partial charge is 1.00 e. The van der Waals surface area contributed by atoms with Crippen molar-refractivity contribution >= 4 is 7.82 Å². The Kier molecular flexibility index (Phi) is 9.20. The van der Waals surface area contributed by atoms with E-state index in [4.69, 9.17) is 0 Å². The van der Waals surface area contributed by atoms with Crippen LogP contribution < -0.4 is 68.9 Å². The molecule has 5 nitrogen and oxygen atoms in total. The van der Waals surface area contributed by atoms with Crippen molar-refractivity contribution in [2.24, 2.45) is 0 Å². The fourth-order valence-corrected chi connectivity index (χ4v) is 0.688. The molecular formula is C3H5Na2O5P. The second-order valence-corrected chi connectivity index (χ2v) is 2.85. The molecular weight excluding hydrogens is 193 g/mol. The summed E-state index contributed by atoms with van der Waals surface area (Å²) in [6.07, 6.45) is -0.179. The average molecular weight is 198 g/mol. The van der Waals surface area contributed by atoms with Crippen LogP contribution in [-0.2, 0) is 13.8 Å². The molecule has 8 heteroatoms. The number of phosphoric ester groups is 1. The second kappa shape index (κ2) is 6.51. The van der Waals surface area contributed by atoms with Crippen LogP contribution in [0, 0.1) is 0 Å². The first kappa shape index (κ1) is 15.5. The summed E-state index contributed by atoms with van der Waals surface area (Å²) < 4.78 is 18.2. The maximum Gasteiger partial charge on any atom is 1.00 e. The maximum atomic E-state index is 9.76. The van der Waals surface area contributed by atoms with Crippen molar-refractivity contribution in [1.82, 2.24) is 0 Å². The van der Waals surface area contributed by atoms with Gasteiger partial charge in [-0.25, -0.2) is 0 Å². The summed E-state index contributed by atoms with van der Waals surface area (Å²) in [6.45, 7) is 0.351. The van der Waals surface area contributed by atoms with Crippen molar-refractivity contribution in [2.75, 3.05) is 13.2 Å². The van der Waals surface area contributed by atoms with E-state index in [1.807, 2.05) is 0 Å². The van der Waals surface area contributed by atoms with Gasteiger partial charge in [-0.1, -0.05) is 0 Å². The number of epoxide rings is 1. The molecule has 1 atom stereocenters. The van der Waals surface area contributed by atoms with E-state index in [0.717, 1.165) is 0 Å². The van der Waals surface area contributed by atoms with Gasteiger partial charge in [0.25, 0.3) is 0 Å². The first-order valence-corrected chi connectivity index (χ1v) is 3.82. The zero-order valence-corrected chi connectivity index (χ0v) is 11.4. The summed E-state index contributed by atoms with van der Waals surface area (Å²) in [5.41, 5.74) is 0. The summed E-state index contributed by atoms with van der Waals surface area (Å²) in [5, 5.41) is 0. The molecule has 0 aliphatic carbocycles. The first-order valence-electron chi connectivity index (χ1n) is 2.36. The van der Waals surface area contributed by atoms with Crippen molar-refractivity contribution < 1.29 is 82.7 Å². The van der Waals surface area contributed by atoms with Crippen LogP contribution in [0.5, 0.6) is 0 Å². The minimum atomic E-state index is -4.76. The Balaban J connectivity index is 0. The van der Waals surface area contributed by atoms with Crippen LogP contribution in [0.4, 0.5) is 0 Å². The van der Waals surface area contributed by atoms with Gasteiger partial charge in [-0.2, -0.15) is 0 Å². The molecule has 1 aliphatic heterocycles. The fourth-order valence-electron chi connectivity index (χ4n) is 0.339. The van der Waals surface area contributed by atoms with Crippen LogP contribution in [0.3, 0.4) is 0 Å². The van der Waals surface area contributed by atoms with Crippen LogP contribution in [0.1, 0.15) is 0 Å². The molecule has 0 spiro atoms. The predicted molar refractivity (Wildman–Crippen MR) is 23.3 cm³/mol. The van der Waals surface area contributed by atoms with Crippen molar-refractivity contribution in [3.8, 4) is 0 Å². The van der Waals surface area contributed by atoms with Crippen LogP contribution in [0.2, 0.25) is 0 Å². The molecule has 54 valence electrons. The SMILES string of the molecule is O=P([O-])([O-])OCC1CO1.[Na+].[Na+]. The Bertz CT molecular complexity index is 143. The average Bonchev–Trinajstić information content (AvgIpc) is 2.38. The van der Waals surface area contributed by atoms with E-state index >= 15 is 0 Å². The van der Waals surface area contributed by atoms with Crippen molar-refractivity contribution in [1.29, 1.82) is 0 Å². The first-order chi connectivity index (χ1) is 4.08. The Morgan fingerprint density at radius 2 is 2.00 bits per heavy atom. The molecule has 0 saturated carbocycles. The van der Waals surface area contributed by atoms with E-state index in [9.17, 15) is 14.4 Å². The summed E-state index contributed by atoms with van der Waals surface area (Å²) in [6, 6.07) is 0. The quantitative estimate of drug-likeness (QED) is 0.255. The third-order valence-corrected chi connectivity index (χ3v) is 1.29. The van der Waals surface area contributed by atoms with E-state index in [1.54, 1.807) is 0 Å². The molecule has 1 aliphatic rings. The van der Waals surface area contributed by atoms with Crippen molar-refractivity contribution in [2.45, 2.75) is 6.10 Å². The molecule has 0 aromatic carbocycles. The molecule has 0 N–H and O–H groups in total. The van der Waals surface area contributed by atoms with Gasteiger partial charge in [0.05, 0.1) is 21.0 Å². The Labute approximate surface area is 109 Å². The van der Waals surface area contributed by atoms with Gasteiger partial charge in [0.2, 0.25) is 0 Å². The molecule has 1 fully saturated rings. The number of hydrogen-bond donors (Lipinski definition) is 0. The van der Waals surface area contributed by atoms with Crippen molar-refractivity contribution in [3.05, 3.63) is 0 Å². The van der Waals surface area contributed by atoms with Gasteiger partial charge in [0.15, 0.2) is 0 Å². The van der Waals surface area contributed by atoms with E-state index in [0.29, 0.717) is 6.61 Å². The molecule has 1 rings (SSSR count). The molecule has 0 aromatic heterocycles. The topological polar surface area (TPSA) is 85.0 Å². The minimum Gasteiger partial charge on any atom is -0.790 e. The van der Waals surface area contributed by atoms with Gasteiger partial charge in [-0.05, 0) is 0 Å². The maximum absolute atomic E-state index is 9.76. The fraction of sp³-hybridized carbons (Fsp3) is 1.00. The van der Waals surface area contributed by atoms with E-state index in [2.05, 4.69) is 9.26 Å². The summed E-state index contributed by atoms with van der Waals surface area (Å²) in [5.74, 6) is 0. The van der Waals surface area contributed by atoms with Gasteiger partial charge < -0.3 is 23.6 Å². The summed E-state index contributed by atoms with van der Waals surface area (Å²) in [4.78, 5) is 19.5. The Morgan fingerprint density at radius 3 is 2.27 bits per heavy atom. The molecule has 1 unspecified atom stereocenters. The molecule has 0 aromatic rings. The van der Waals surface area contributed by atoms with E-state index in [-0.39, 0.29) is 71.8 Å². The third-order valence-electron chi connectivity index (χ3n) is 0.821. The van der Waals surface area contributed by atoms with E-state index < -0.39 is 7.82 Å². The zero-order valence-electron chi connectivity index (χ0n) is 6.48. The number of rotatable bonds is 3. The predicted octanol–water partition coefficient (Wildman–Crippen LogP) is -7.76. The van der Waals surface area contributed by atoms with Crippen LogP contribution in [0.15, 0.2) is 0 Å². The van der Waals surface area contributed by atoms with Crippen molar-refractivity contribution in [3.63, 3.8) is 0 Å². The Morgan fingerprint density at radius 1 is 1.55 bits per heavy atom. The zero-order chi connectivity index (χ0) is 6.91. The van der Waals surface area contributed by atoms with Crippen LogP contribution >= 0.6 is 7.82 Å². The smallest absolute Gasteiger partial charge is 0.790 e. The monoisotopic (exact) mass is 198 g/mol. The summed E-state index contributed by atoms with van der Waals surface area (Å²) >= 11 is 0. The van der Waals surface area contributed by atoms with Gasteiger partial charge in [0.1, 0.15) is 6.10 Å². The molecule has 1 saturated heterocycles. The number of ether oxygens (including phenoxy) is 1. The van der Waals surface area contributed by atoms with E-state index in [1.165, 1.54) is 0 Å². The molecule has 1 heterocycles. The molecule has 11 heavy (non-hydrogen) atoms. The molecule has 0 amide bonds. The minimum absolute atomic E-state index is 0. The summed E-state index contributed by atoms with van der Waals surface area (Å²) in [7, 11) is -4.76. The third kappa shape index (κ3) is 9.99. The van der Waals surface area contributed by atoms with Gasteiger partial charge >= 0.3 is 59.1 Å².